The first-order chi connectivity index (χ1) is 6.74. The standard InChI is InChI=1S/C11H14O3/c12-6-8-9(13)5-4-7-2-1-3-10(14)11(7)8/h6-7,11-12H,1-5H2/b8-6+. The van der Waals surface area contributed by atoms with Crippen molar-refractivity contribution in [2.45, 2.75) is 32.1 Å². The van der Waals surface area contributed by atoms with Crippen LogP contribution < -0.4 is 0 Å². The SMILES string of the molecule is O=C1CCC2CCCC(=O)C2/C1=C/O. The van der Waals surface area contributed by atoms with Gasteiger partial charge >= 0.3 is 0 Å². The molecule has 2 saturated carbocycles. The number of allylic oxidation sites excluding steroid dienone is 1. The van der Waals surface area contributed by atoms with Crippen molar-refractivity contribution in [3.63, 3.8) is 0 Å². The monoisotopic (exact) mass is 194 g/mol. The Hall–Kier alpha value is -1.12. The van der Waals surface area contributed by atoms with Crippen molar-refractivity contribution in [3.05, 3.63) is 11.8 Å². The van der Waals surface area contributed by atoms with Gasteiger partial charge in [-0.15, -0.1) is 0 Å². The minimum absolute atomic E-state index is 0.0519. The topological polar surface area (TPSA) is 54.4 Å². The summed E-state index contributed by atoms with van der Waals surface area (Å²) in [6.07, 6.45) is 4.66. The largest absolute Gasteiger partial charge is 0.515 e. The molecule has 3 nitrogen and oxygen atoms in total. The summed E-state index contributed by atoms with van der Waals surface area (Å²) < 4.78 is 0. The summed E-state index contributed by atoms with van der Waals surface area (Å²) in [4.78, 5) is 23.1. The summed E-state index contributed by atoms with van der Waals surface area (Å²) in [5.74, 6) is 0.0842. The highest BCUT2D eigenvalue weighted by molar-refractivity contribution is 6.03. The summed E-state index contributed by atoms with van der Waals surface area (Å²) in [5.41, 5.74) is 0.353. The zero-order valence-corrected chi connectivity index (χ0v) is 8.03. The van der Waals surface area contributed by atoms with Crippen LogP contribution in [0, 0.1) is 11.8 Å². The summed E-state index contributed by atoms with van der Waals surface area (Å²) >= 11 is 0. The Kier molecular flexibility index (Phi) is 2.40. The normalized spacial score (nSPS) is 35.9. The Labute approximate surface area is 82.8 Å². The molecule has 0 aromatic carbocycles. The van der Waals surface area contributed by atoms with Crippen LogP contribution in [-0.2, 0) is 9.59 Å². The third-order valence-electron chi connectivity index (χ3n) is 3.35. The van der Waals surface area contributed by atoms with Gasteiger partial charge in [0.25, 0.3) is 0 Å². The molecule has 2 fully saturated rings. The van der Waals surface area contributed by atoms with E-state index in [1.807, 2.05) is 0 Å². The van der Waals surface area contributed by atoms with E-state index in [0.717, 1.165) is 25.5 Å². The van der Waals surface area contributed by atoms with Gasteiger partial charge in [-0.2, -0.15) is 0 Å². The number of ketones is 2. The van der Waals surface area contributed by atoms with Crippen LogP contribution in [0.1, 0.15) is 32.1 Å². The molecule has 0 radical (unpaired) electrons. The molecule has 14 heavy (non-hydrogen) atoms. The van der Waals surface area contributed by atoms with Gasteiger partial charge in [-0.25, -0.2) is 0 Å². The van der Waals surface area contributed by atoms with E-state index < -0.39 is 0 Å². The molecule has 3 heteroatoms. The molecule has 0 aromatic heterocycles. The number of aliphatic hydroxyl groups is 1. The van der Waals surface area contributed by atoms with Crippen molar-refractivity contribution in [1.82, 2.24) is 0 Å². The average molecular weight is 194 g/mol. The van der Waals surface area contributed by atoms with Crippen molar-refractivity contribution < 1.29 is 14.7 Å². The lowest BCUT2D eigenvalue weighted by Gasteiger charge is -2.34. The van der Waals surface area contributed by atoms with Crippen molar-refractivity contribution in [1.29, 1.82) is 0 Å². The Balaban J connectivity index is 2.30. The summed E-state index contributed by atoms with van der Waals surface area (Å²) in [6.45, 7) is 0. The van der Waals surface area contributed by atoms with Gasteiger partial charge in [0.1, 0.15) is 5.78 Å². The summed E-state index contributed by atoms with van der Waals surface area (Å²) in [5, 5.41) is 8.98. The second-order valence-electron chi connectivity index (χ2n) is 4.14. The van der Waals surface area contributed by atoms with Crippen molar-refractivity contribution >= 4 is 11.6 Å². The van der Waals surface area contributed by atoms with Crippen LogP contribution in [0.2, 0.25) is 0 Å². The molecule has 0 aromatic rings. The Morgan fingerprint density at radius 2 is 2.00 bits per heavy atom. The fourth-order valence-electron chi connectivity index (χ4n) is 2.65. The lowest BCUT2D eigenvalue weighted by Crippen LogP contribution is -2.36. The molecule has 2 aliphatic carbocycles. The van der Waals surface area contributed by atoms with Crippen LogP contribution in [0.15, 0.2) is 11.8 Å². The molecular formula is C11H14O3. The molecule has 0 amide bonds. The van der Waals surface area contributed by atoms with Crippen LogP contribution in [0.4, 0.5) is 0 Å². The van der Waals surface area contributed by atoms with Crippen LogP contribution >= 0.6 is 0 Å². The molecule has 0 saturated heterocycles. The maximum absolute atomic E-state index is 11.6. The zero-order chi connectivity index (χ0) is 10.1. The van der Waals surface area contributed by atoms with Gasteiger partial charge in [0.05, 0.1) is 12.2 Å². The fraction of sp³-hybridized carbons (Fsp3) is 0.636. The number of Topliss-reactive ketones (excluding diaryl/α,β-unsaturated/α-hetero) is 2. The summed E-state index contributed by atoms with van der Waals surface area (Å²) in [7, 11) is 0. The van der Waals surface area contributed by atoms with E-state index in [2.05, 4.69) is 0 Å². The molecule has 0 heterocycles. The quantitative estimate of drug-likeness (QED) is 0.472. The number of hydrogen-bond donors (Lipinski definition) is 1. The first-order valence-electron chi connectivity index (χ1n) is 5.14. The number of carbonyl (C=O) groups excluding carboxylic acids is 2. The molecule has 2 unspecified atom stereocenters. The van der Waals surface area contributed by atoms with Crippen LogP contribution in [0.5, 0.6) is 0 Å². The van der Waals surface area contributed by atoms with Crippen molar-refractivity contribution in [3.8, 4) is 0 Å². The van der Waals surface area contributed by atoms with E-state index in [1.54, 1.807) is 0 Å². The van der Waals surface area contributed by atoms with E-state index in [4.69, 9.17) is 5.11 Å². The highest BCUT2D eigenvalue weighted by atomic mass is 16.2. The smallest absolute Gasteiger partial charge is 0.162 e. The molecule has 0 bridgehead atoms. The van der Waals surface area contributed by atoms with E-state index in [1.165, 1.54) is 0 Å². The van der Waals surface area contributed by atoms with Crippen molar-refractivity contribution in [2.75, 3.05) is 0 Å². The third-order valence-corrected chi connectivity index (χ3v) is 3.35. The predicted molar refractivity (Wildman–Crippen MR) is 50.8 cm³/mol. The van der Waals surface area contributed by atoms with Gasteiger partial charge < -0.3 is 5.11 Å². The summed E-state index contributed by atoms with van der Waals surface area (Å²) in [6, 6.07) is 0. The van der Waals surface area contributed by atoms with E-state index in [-0.39, 0.29) is 17.5 Å². The second kappa shape index (κ2) is 3.56. The Morgan fingerprint density at radius 1 is 1.21 bits per heavy atom. The maximum atomic E-state index is 11.6. The highest BCUT2D eigenvalue weighted by Crippen LogP contribution is 2.39. The molecule has 2 aliphatic rings. The number of fused-ring (bicyclic) bond motifs is 1. The highest BCUT2D eigenvalue weighted by Gasteiger charge is 2.40. The molecule has 0 spiro atoms. The van der Waals surface area contributed by atoms with Gasteiger partial charge in [-0.1, -0.05) is 0 Å². The van der Waals surface area contributed by atoms with E-state index >= 15 is 0 Å². The number of carbonyl (C=O) groups is 2. The van der Waals surface area contributed by atoms with Gasteiger partial charge in [-0.3, -0.25) is 9.59 Å². The van der Waals surface area contributed by atoms with Crippen LogP contribution in [0.25, 0.3) is 0 Å². The van der Waals surface area contributed by atoms with Crippen LogP contribution in [-0.4, -0.2) is 16.7 Å². The lowest BCUT2D eigenvalue weighted by atomic mass is 9.67. The van der Waals surface area contributed by atoms with Gasteiger partial charge in [-0.05, 0) is 25.2 Å². The number of aliphatic hydroxyl groups excluding tert-OH is 1. The minimum atomic E-state index is -0.296. The molecule has 76 valence electrons. The average Bonchev–Trinajstić information content (AvgIpc) is 2.19. The molecular weight excluding hydrogens is 180 g/mol. The molecule has 2 rings (SSSR count). The fourth-order valence-corrected chi connectivity index (χ4v) is 2.65. The number of rotatable bonds is 0. The Morgan fingerprint density at radius 3 is 2.71 bits per heavy atom. The first kappa shape index (κ1) is 9.44. The van der Waals surface area contributed by atoms with Gasteiger partial charge in [0, 0.05) is 18.4 Å². The van der Waals surface area contributed by atoms with Gasteiger partial charge in [0.2, 0.25) is 0 Å². The number of hydrogen-bond acceptors (Lipinski definition) is 3. The minimum Gasteiger partial charge on any atom is -0.515 e. The molecule has 2 atom stereocenters. The maximum Gasteiger partial charge on any atom is 0.162 e. The van der Waals surface area contributed by atoms with E-state index in [9.17, 15) is 9.59 Å². The zero-order valence-electron chi connectivity index (χ0n) is 8.03. The van der Waals surface area contributed by atoms with E-state index in [0.29, 0.717) is 24.3 Å². The van der Waals surface area contributed by atoms with Crippen LogP contribution in [0.3, 0.4) is 0 Å². The molecule has 1 N–H and O–H groups in total. The lowest BCUT2D eigenvalue weighted by molar-refractivity contribution is -0.130. The third kappa shape index (κ3) is 1.37. The Bertz CT molecular complexity index is 304. The predicted octanol–water partition coefficient (Wildman–Crippen LogP) is 1.78. The first-order valence-corrected chi connectivity index (χ1v) is 5.14. The second-order valence-corrected chi connectivity index (χ2v) is 4.14. The molecule has 0 aliphatic heterocycles. The van der Waals surface area contributed by atoms with Gasteiger partial charge in [0.15, 0.2) is 5.78 Å². The van der Waals surface area contributed by atoms with Crippen molar-refractivity contribution in [2.24, 2.45) is 11.8 Å².